The van der Waals surface area contributed by atoms with Crippen molar-refractivity contribution in [2.75, 3.05) is 13.2 Å². The number of carbonyl (C=O) groups is 1. The summed E-state index contributed by atoms with van der Waals surface area (Å²) in [6.45, 7) is 1.74. The van der Waals surface area contributed by atoms with Crippen LogP contribution in [-0.2, 0) is 10.9 Å². The molecule has 0 aromatic heterocycles. The largest absolute Gasteiger partial charge is 0.448 e. The molecule has 19 heavy (non-hydrogen) atoms. The summed E-state index contributed by atoms with van der Waals surface area (Å²) in [7, 11) is 0. The van der Waals surface area contributed by atoms with Gasteiger partial charge in [-0.1, -0.05) is 18.2 Å². The summed E-state index contributed by atoms with van der Waals surface area (Å²) in [6, 6.07) is 3.93. The number of alkyl carbamates (subject to hydrolysis) is 1. The van der Waals surface area contributed by atoms with Gasteiger partial charge in [-0.05, 0) is 18.6 Å². The number of amides is 1. The van der Waals surface area contributed by atoms with Gasteiger partial charge in [0.2, 0.25) is 0 Å². The molecule has 1 aromatic rings. The maximum Gasteiger partial charge on any atom is 0.416 e. The van der Waals surface area contributed by atoms with Crippen molar-refractivity contribution in [2.24, 2.45) is 5.73 Å². The Morgan fingerprint density at radius 3 is 2.63 bits per heavy atom. The zero-order valence-corrected chi connectivity index (χ0v) is 10.3. The number of alkyl halides is 3. The molecule has 0 heterocycles. The summed E-state index contributed by atoms with van der Waals surface area (Å²) in [5.41, 5.74) is 4.72. The van der Waals surface area contributed by atoms with Crippen molar-refractivity contribution in [3.63, 3.8) is 0 Å². The third-order valence-electron chi connectivity index (χ3n) is 2.38. The third kappa shape index (κ3) is 4.44. The molecule has 0 radical (unpaired) electrons. The molecule has 0 aliphatic heterocycles. The van der Waals surface area contributed by atoms with Gasteiger partial charge in [0.15, 0.2) is 0 Å². The average Bonchev–Trinajstić information content (AvgIpc) is 2.35. The predicted octanol–water partition coefficient (Wildman–Crippen LogP) is 2.45. The van der Waals surface area contributed by atoms with E-state index in [2.05, 4.69) is 5.32 Å². The Kier molecular flexibility index (Phi) is 5.17. The normalized spacial score (nSPS) is 12.9. The lowest BCUT2D eigenvalue weighted by atomic mass is 10.0. The number of rotatable bonds is 4. The number of hydrogen-bond donors (Lipinski definition) is 2. The predicted molar refractivity (Wildman–Crippen MR) is 63.4 cm³/mol. The molecule has 106 valence electrons. The van der Waals surface area contributed by atoms with Crippen LogP contribution in [0.1, 0.15) is 24.1 Å². The van der Waals surface area contributed by atoms with E-state index in [0.29, 0.717) is 6.54 Å². The Labute approximate surface area is 108 Å². The number of benzene rings is 1. The molecule has 7 heteroatoms. The third-order valence-corrected chi connectivity index (χ3v) is 2.38. The van der Waals surface area contributed by atoms with E-state index in [4.69, 9.17) is 10.5 Å². The Bertz CT molecular complexity index is 435. The first-order chi connectivity index (χ1) is 8.86. The van der Waals surface area contributed by atoms with Gasteiger partial charge in [-0.3, -0.25) is 0 Å². The van der Waals surface area contributed by atoms with Crippen LogP contribution in [0.15, 0.2) is 24.3 Å². The molecule has 4 nitrogen and oxygen atoms in total. The Morgan fingerprint density at radius 1 is 1.42 bits per heavy atom. The molecule has 1 aromatic carbocycles. The zero-order chi connectivity index (χ0) is 14.5. The summed E-state index contributed by atoms with van der Waals surface area (Å²) < 4.78 is 43.0. The highest BCUT2D eigenvalue weighted by Gasteiger charge is 2.34. The van der Waals surface area contributed by atoms with Crippen LogP contribution >= 0.6 is 0 Å². The maximum absolute atomic E-state index is 12.8. The second kappa shape index (κ2) is 6.42. The lowest BCUT2D eigenvalue weighted by Gasteiger charge is -2.18. The van der Waals surface area contributed by atoms with E-state index in [0.717, 1.165) is 6.07 Å². The Hall–Kier alpha value is -1.76. The van der Waals surface area contributed by atoms with Crippen LogP contribution in [0.3, 0.4) is 0 Å². The van der Waals surface area contributed by atoms with Gasteiger partial charge in [0.05, 0.1) is 11.6 Å². The average molecular weight is 276 g/mol. The van der Waals surface area contributed by atoms with Gasteiger partial charge in [-0.25, -0.2) is 4.79 Å². The van der Waals surface area contributed by atoms with Crippen LogP contribution in [0.25, 0.3) is 0 Å². The number of halogens is 3. The van der Waals surface area contributed by atoms with E-state index in [1.54, 1.807) is 6.92 Å². The van der Waals surface area contributed by atoms with Gasteiger partial charge in [0.25, 0.3) is 0 Å². The van der Waals surface area contributed by atoms with Crippen molar-refractivity contribution >= 4 is 6.09 Å². The summed E-state index contributed by atoms with van der Waals surface area (Å²) in [5.74, 6) is 0. The lowest BCUT2D eigenvalue weighted by Crippen LogP contribution is -2.28. The smallest absolute Gasteiger partial charge is 0.416 e. The van der Waals surface area contributed by atoms with E-state index in [1.807, 2.05) is 0 Å². The van der Waals surface area contributed by atoms with Gasteiger partial charge in [0, 0.05) is 6.54 Å². The number of nitrogens with one attached hydrogen (secondary N) is 1. The number of ether oxygens (including phenoxy) is 1. The van der Waals surface area contributed by atoms with Crippen molar-refractivity contribution in [3.05, 3.63) is 35.4 Å². The molecular formula is C12H15F3N2O2. The molecule has 0 fully saturated rings. The SMILES string of the molecule is CCNC(=O)OCC(N)c1ccccc1C(F)(F)F. The molecule has 0 bridgehead atoms. The van der Waals surface area contributed by atoms with Gasteiger partial charge in [-0.15, -0.1) is 0 Å². The maximum atomic E-state index is 12.8. The minimum absolute atomic E-state index is 0.0979. The lowest BCUT2D eigenvalue weighted by molar-refractivity contribution is -0.138. The fourth-order valence-electron chi connectivity index (χ4n) is 1.53. The number of hydrogen-bond acceptors (Lipinski definition) is 3. The van der Waals surface area contributed by atoms with Crippen LogP contribution in [-0.4, -0.2) is 19.2 Å². The van der Waals surface area contributed by atoms with Crippen LogP contribution in [0.4, 0.5) is 18.0 Å². The first kappa shape index (κ1) is 15.3. The first-order valence-electron chi connectivity index (χ1n) is 5.68. The highest BCUT2D eigenvalue weighted by molar-refractivity contribution is 5.67. The van der Waals surface area contributed by atoms with Gasteiger partial charge < -0.3 is 15.8 Å². The highest BCUT2D eigenvalue weighted by atomic mass is 19.4. The van der Waals surface area contributed by atoms with Gasteiger partial charge in [-0.2, -0.15) is 13.2 Å². The van der Waals surface area contributed by atoms with Gasteiger partial charge in [0.1, 0.15) is 6.61 Å². The minimum atomic E-state index is -4.49. The topological polar surface area (TPSA) is 64.3 Å². The van der Waals surface area contributed by atoms with E-state index in [1.165, 1.54) is 18.2 Å². The minimum Gasteiger partial charge on any atom is -0.448 e. The number of nitrogens with two attached hydrogens (primary N) is 1. The monoisotopic (exact) mass is 276 g/mol. The number of carbonyl (C=O) groups excluding carboxylic acids is 1. The molecule has 1 unspecified atom stereocenters. The van der Waals surface area contributed by atoms with Crippen LogP contribution in [0.5, 0.6) is 0 Å². The van der Waals surface area contributed by atoms with Crippen molar-refractivity contribution in [1.29, 1.82) is 0 Å². The molecule has 0 saturated carbocycles. The van der Waals surface area contributed by atoms with Crippen LogP contribution in [0, 0.1) is 0 Å². The molecule has 3 N–H and O–H groups in total. The van der Waals surface area contributed by atoms with E-state index in [-0.39, 0.29) is 12.2 Å². The Balaban J connectivity index is 2.77. The van der Waals surface area contributed by atoms with E-state index in [9.17, 15) is 18.0 Å². The van der Waals surface area contributed by atoms with Crippen molar-refractivity contribution < 1.29 is 22.7 Å². The quantitative estimate of drug-likeness (QED) is 0.887. The molecular weight excluding hydrogens is 261 g/mol. The summed E-state index contributed by atoms with van der Waals surface area (Å²) >= 11 is 0. The van der Waals surface area contributed by atoms with E-state index >= 15 is 0 Å². The summed E-state index contributed by atoms with van der Waals surface area (Å²) in [4.78, 5) is 11.0. The highest BCUT2D eigenvalue weighted by Crippen LogP contribution is 2.33. The molecule has 0 aliphatic carbocycles. The fourth-order valence-corrected chi connectivity index (χ4v) is 1.53. The molecule has 0 aliphatic rings. The van der Waals surface area contributed by atoms with Crippen molar-refractivity contribution in [1.82, 2.24) is 5.32 Å². The second-order valence-corrected chi connectivity index (χ2v) is 3.82. The van der Waals surface area contributed by atoms with Crippen LogP contribution in [0.2, 0.25) is 0 Å². The molecule has 1 atom stereocenters. The van der Waals surface area contributed by atoms with E-state index < -0.39 is 23.9 Å². The Morgan fingerprint density at radius 2 is 2.05 bits per heavy atom. The van der Waals surface area contributed by atoms with Crippen LogP contribution < -0.4 is 11.1 Å². The fraction of sp³-hybridized carbons (Fsp3) is 0.417. The van der Waals surface area contributed by atoms with Gasteiger partial charge >= 0.3 is 12.3 Å². The molecule has 0 spiro atoms. The summed E-state index contributed by atoms with van der Waals surface area (Å²) in [5, 5.41) is 2.36. The molecule has 1 amide bonds. The standard InChI is InChI=1S/C12H15F3N2O2/c1-2-17-11(18)19-7-10(16)8-5-3-4-6-9(8)12(13,14)15/h3-6,10H,2,7,16H2,1H3,(H,17,18). The first-order valence-corrected chi connectivity index (χ1v) is 5.68. The zero-order valence-electron chi connectivity index (χ0n) is 10.3. The van der Waals surface area contributed by atoms with Crippen molar-refractivity contribution in [3.8, 4) is 0 Å². The second-order valence-electron chi connectivity index (χ2n) is 3.82. The molecule has 1 rings (SSSR count). The summed E-state index contributed by atoms with van der Waals surface area (Å²) in [6.07, 6.45) is -5.19. The van der Waals surface area contributed by atoms with Crippen molar-refractivity contribution in [2.45, 2.75) is 19.1 Å². The molecule has 0 saturated heterocycles.